The second-order valence-electron chi connectivity index (χ2n) is 37.3. The molecule has 0 aromatic heterocycles. The Morgan fingerprint density at radius 2 is 0.758 bits per heavy atom. The number of aliphatic hydroxyl groups is 1. The number of phenols is 4. The highest BCUT2D eigenvalue weighted by atomic mass is 35.5. The van der Waals surface area contributed by atoms with Crippen molar-refractivity contribution in [3.8, 4) is 23.0 Å². The molecule has 5 N–H and O–H groups in total. The van der Waals surface area contributed by atoms with Crippen molar-refractivity contribution in [1.29, 1.82) is 0 Å². The minimum Gasteiger partial charge on any atom is -0.507 e. The van der Waals surface area contributed by atoms with Gasteiger partial charge in [0.2, 0.25) is 0 Å². The van der Waals surface area contributed by atoms with Crippen LogP contribution in [-0.2, 0) is 84.2 Å². The van der Waals surface area contributed by atoms with E-state index in [-0.39, 0.29) is 112 Å². The summed E-state index contributed by atoms with van der Waals surface area (Å²) in [4.78, 5) is 78.8. The monoisotopic (exact) mass is 1840 g/mol. The first kappa shape index (κ1) is 120. The Morgan fingerprint density at radius 3 is 1.10 bits per heavy atom. The Morgan fingerprint density at radius 1 is 0.414 bits per heavy atom. The SMILES string of the molecule is C/C(=C\CO)CC/C=C/COC(=O)C(C)(C)C.C/C(=C\COC1CCCCO1)CC/C=C/COC(=O)C(C)(C)C.C/C(=C\COC1CCCCO1)CCC=O.C/C(=C\Cc1c(O)c(Cl)c(C)c(C=O)c1O)CC/C=C/COC(=O)C(C)(C)C.CC(C)=CCC/C(C)=C/COC1CCCCO1.Cc1c(Cl)c(O)c(CCC(C)CCCCCOC(=O)C(C)(C)C)c(O)c1C=O. The fourth-order valence-corrected chi connectivity index (χ4v) is 12.3. The van der Waals surface area contributed by atoms with E-state index in [1.807, 2.05) is 146 Å². The second kappa shape index (κ2) is 68.5. The molecule has 3 aliphatic rings. The average molecular weight is 1840 g/mol. The quantitative estimate of drug-likeness (QED) is 0.0135. The van der Waals surface area contributed by atoms with Gasteiger partial charge in [-0.1, -0.05) is 156 Å². The van der Waals surface area contributed by atoms with E-state index >= 15 is 0 Å². The van der Waals surface area contributed by atoms with Gasteiger partial charge >= 0.3 is 23.9 Å². The third-order valence-corrected chi connectivity index (χ3v) is 21.6. The lowest BCUT2D eigenvalue weighted by atomic mass is 9.93. The zero-order valence-corrected chi connectivity index (χ0v) is 83.6. The smallest absolute Gasteiger partial charge is 0.311 e. The summed E-state index contributed by atoms with van der Waals surface area (Å²) >= 11 is 12.1. The van der Waals surface area contributed by atoms with Gasteiger partial charge in [0.05, 0.1) is 75.9 Å². The molecule has 3 saturated heterocycles. The molecule has 4 unspecified atom stereocenters. The maximum absolute atomic E-state index is 11.7. The molecule has 726 valence electrons. The summed E-state index contributed by atoms with van der Waals surface area (Å²) in [6, 6.07) is 0. The molecule has 0 amide bonds. The van der Waals surface area contributed by atoms with Crippen LogP contribution in [0, 0.1) is 41.4 Å². The number of hydrogen-bond acceptors (Lipinski definition) is 22. The standard InChI is InChI=1S/C22H33ClO5.C22H29ClO5.C19H32O4.C15H26O2.C14H24O3.C12H20O3/c2*1-14(9-7-6-8-12-28-21(27)22(3,4)5)10-11-16-19(25)17(13-24)15(2)18(23)20(16)26;1-16(12-15-22-17-11-7-9-13-21-17)10-6-5-8-14-23-18(20)19(2,3)4;1-13(2)7-6-8-14(3)10-12-17-15-9-4-5-11-16-15;1-12(9-10-15)8-6-5-7-11-17-13(16)14(2,3)4;1-11(5-4-8-13)7-10-15-12-6-2-3-9-14-12/h13-14,25-26H,6-12H2,1-5H3;6,8,10,13,25-26H,7,9,11-12H2,1-5H3;5,8,12,17H,6-7,9-11,13-15H2,1-4H3;7,10,15H,4-6,8-9,11-12H2,1-3H3;5,7,9,15H,6,8,10-11H2,1-4H3;7-8,12H,2-6,9-10H2,1H3/b;8-6+,14-10+;8-5+,16-12+;14-10+;7-5+,12-9+;11-7+. The number of aromatic hydroxyl groups is 4. The summed E-state index contributed by atoms with van der Waals surface area (Å²) in [5, 5.41) is 49.8. The molecule has 2 aromatic carbocycles. The van der Waals surface area contributed by atoms with E-state index in [9.17, 15) is 54.0 Å². The van der Waals surface area contributed by atoms with Crippen LogP contribution in [0.15, 0.2) is 106 Å². The lowest BCUT2D eigenvalue weighted by molar-refractivity contribution is -0.155. The molecular formula is C104H164Cl2O22. The van der Waals surface area contributed by atoms with E-state index in [1.54, 1.807) is 19.9 Å². The van der Waals surface area contributed by atoms with Crippen LogP contribution in [0.3, 0.4) is 0 Å². The number of rotatable bonds is 44. The first-order valence-electron chi connectivity index (χ1n) is 45.9. The molecule has 4 atom stereocenters. The summed E-state index contributed by atoms with van der Waals surface area (Å²) in [7, 11) is 0. The van der Waals surface area contributed by atoms with Crippen molar-refractivity contribution < 1.29 is 106 Å². The fourth-order valence-electron chi connectivity index (χ4n) is 11.9. The van der Waals surface area contributed by atoms with Crippen LogP contribution in [0.4, 0.5) is 0 Å². The van der Waals surface area contributed by atoms with Gasteiger partial charge in [-0.15, -0.1) is 0 Å². The molecule has 3 aliphatic heterocycles. The van der Waals surface area contributed by atoms with Gasteiger partial charge in [-0.3, -0.25) is 28.8 Å². The third-order valence-electron chi connectivity index (χ3n) is 20.6. The topological polar surface area (TPSA) is 313 Å². The van der Waals surface area contributed by atoms with Gasteiger partial charge < -0.3 is 77.7 Å². The van der Waals surface area contributed by atoms with Gasteiger partial charge in [0.15, 0.2) is 31.4 Å². The first-order chi connectivity index (χ1) is 60.3. The Balaban J connectivity index is 0.00000154. The van der Waals surface area contributed by atoms with Crippen molar-refractivity contribution >= 4 is 65.9 Å². The van der Waals surface area contributed by atoms with E-state index in [0.717, 1.165) is 154 Å². The number of benzene rings is 2. The number of aldehydes is 3. The lowest BCUT2D eigenvalue weighted by Crippen LogP contribution is -2.23. The molecule has 0 radical (unpaired) electrons. The normalized spacial score (nSPS) is 16.3. The number of carbonyl (C=O) groups is 7. The Kier molecular flexibility index (Phi) is 64.5. The van der Waals surface area contributed by atoms with E-state index < -0.39 is 21.7 Å². The number of ether oxygens (including phenoxy) is 10. The fraction of sp³-hybridized carbons (Fsp3) is 0.644. The Labute approximate surface area is 779 Å². The highest BCUT2D eigenvalue weighted by Gasteiger charge is 2.27. The van der Waals surface area contributed by atoms with Crippen LogP contribution < -0.4 is 0 Å². The first-order valence-corrected chi connectivity index (χ1v) is 46.7. The van der Waals surface area contributed by atoms with Gasteiger partial charge in [0.25, 0.3) is 0 Å². The molecule has 0 spiro atoms. The molecule has 0 saturated carbocycles. The largest absolute Gasteiger partial charge is 0.507 e. The summed E-state index contributed by atoms with van der Waals surface area (Å²) in [5.74, 6) is -1.14. The predicted octanol–water partition coefficient (Wildman–Crippen LogP) is 24.8. The number of esters is 4. The number of allylic oxidation sites excluding steroid dienone is 11. The third kappa shape index (κ3) is 56.9. The Hall–Kier alpha value is -7.51. The number of phenolic OH excluding ortho intramolecular Hbond substituents is 4. The molecule has 0 bridgehead atoms. The second-order valence-corrected chi connectivity index (χ2v) is 38.1. The summed E-state index contributed by atoms with van der Waals surface area (Å²) < 4.78 is 54.0. The number of unbranched alkanes of at least 4 members (excludes halogenated alkanes) is 2. The van der Waals surface area contributed by atoms with Gasteiger partial charge in [0.1, 0.15) is 49.1 Å². The van der Waals surface area contributed by atoms with Crippen molar-refractivity contribution in [2.24, 2.45) is 27.6 Å². The molecule has 22 nitrogen and oxygen atoms in total. The molecule has 3 fully saturated rings. The van der Waals surface area contributed by atoms with Gasteiger partial charge in [-0.05, 0) is 304 Å². The number of aliphatic hydroxyl groups excluding tert-OH is 1. The average Bonchev–Trinajstić information content (AvgIpc) is 0.797. The van der Waals surface area contributed by atoms with Crippen LogP contribution in [-0.4, -0.2) is 160 Å². The highest BCUT2D eigenvalue weighted by molar-refractivity contribution is 6.34. The highest BCUT2D eigenvalue weighted by Crippen LogP contribution is 2.43. The van der Waals surface area contributed by atoms with E-state index in [4.69, 9.17) is 75.7 Å². The molecular weight excluding hydrogens is 1670 g/mol. The number of hydrogen-bond donors (Lipinski definition) is 5. The minimum atomic E-state index is -0.507. The molecule has 0 aliphatic carbocycles. The van der Waals surface area contributed by atoms with Gasteiger partial charge in [-0.2, -0.15) is 0 Å². The van der Waals surface area contributed by atoms with Crippen LogP contribution in [0.1, 0.15) is 336 Å². The zero-order chi connectivity index (χ0) is 96.9. The molecule has 128 heavy (non-hydrogen) atoms. The Bertz CT molecular complexity index is 3840. The van der Waals surface area contributed by atoms with E-state index in [0.29, 0.717) is 87.7 Å². The van der Waals surface area contributed by atoms with Crippen LogP contribution >= 0.6 is 23.2 Å². The van der Waals surface area contributed by atoms with Crippen molar-refractivity contribution in [2.75, 3.05) is 72.7 Å². The molecule has 24 heteroatoms. The van der Waals surface area contributed by atoms with Crippen molar-refractivity contribution in [2.45, 2.75) is 338 Å². The summed E-state index contributed by atoms with van der Waals surface area (Å²) in [6.45, 7) is 47.7. The molecule has 2 aromatic rings. The maximum Gasteiger partial charge on any atom is 0.311 e. The molecule has 3 heterocycles. The van der Waals surface area contributed by atoms with Crippen molar-refractivity contribution in [3.05, 3.63) is 150 Å². The van der Waals surface area contributed by atoms with Gasteiger partial charge in [-0.25, -0.2) is 0 Å². The summed E-state index contributed by atoms with van der Waals surface area (Å²) in [5.41, 5.74) is 7.22. The van der Waals surface area contributed by atoms with Crippen LogP contribution in [0.5, 0.6) is 23.0 Å². The van der Waals surface area contributed by atoms with E-state index in [2.05, 4.69) is 58.9 Å². The van der Waals surface area contributed by atoms with Crippen molar-refractivity contribution in [3.63, 3.8) is 0 Å². The predicted molar refractivity (Wildman–Crippen MR) is 515 cm³/mol. The number of carbonyl (C=O) groups excluding carboxylic acids is 7. The van der Waals surface area contributed by atoms with E-state index in [1.165, 1.54) is 53.5 Å². The van der Waals surface area contributed by atoms with Crippen molar-refractivity contribution in [1.82, 2.24) is 0 Å². The number of halogens is 2. The lowest BCUT2D eigenvalue weighted by Gasteiger charge is -2.22. The summed E-state index contributed by atoms with van der Waals surface area (Å²) in [6.07, 6.45) is 50.3. The molecule has 5 rings (SSSR count). The van der Waals surface area contributed by atoms with Crippen LogP contribution in [0.25, 0.3) is 0 Å². The van der Waals surface area contributed by atoms with Gasteiger partial charge in [0, 0.05) is 37.4 Å². The minimum absolute atomic E-state index is 0.0196. The maximum atomic E-state index is 11.7. The van der Waals surface area contributed by atoms with Crippen LogP contribution in [0.2, 0.25) is 10.0 Å². The zero-order valence-electron chi connectivity index (χ0n) is 82.1.